The average molecular weight is 147 g/mol. The minimum Gasteiger partial charge on any atom is -0.114 e. The molecule has 0 aliphatic heterocycles. The van der Waals surface area contributed by atoms with Crippen LogP contribution in [0.3, 0.4) is 0 Å². The molecular formula is C8H7N2O+. The van der Waals surface area contributed by atoms with Gasteiger partial charge in [0.2, 0.25) is 0 Å². The van der Waals surface area contributed by atoms with Crippen LogP contribution in [0.5, 0.6) is 0 Å². The van der Waals surface area contributed by atoms with Gasteiger partial charge in [-0.1, -0.05) is 18.2 Å². The van der Waals surface area contributed by atoms with Gasteiger partial charge in [0.25, 0.3) is 6.20 Å². The number of H-pyrrole nitrogens is 1. The van der Waals surface area contributed by atoms with Crippen LogP contribution in [0, 0.1) is 4.91 Å². The molecule has 0 unspecified atom stereocenters. The van der Waals surface area contributed by atoms with Gasteiger partial charge in [0.05, 0.1) is 4.91 Å². The number of fused-ring (bicyclic) bond motifs is 1. The third kappa shape index (κ3) is 1.00. The first-order valence-corrected chi connectivity index (χ1v) is 3.36. The highest BCUT2D eigenvalue weighted by Crippen LogP contribution is 2.05. The Morgan fingerprint density at radius 1 is 1.18 bits per heavy atom. The Balaban J connectivity index is 2.94. The average Bonchev–Trinajstić information content (AvgIpc) is 2.04. The van der Waals surface area contributed by atoms with Crippen molar-refractivity contribution in [3.05, 3.63) is 41.4 Å². The van der Waals surface area contributed by atoms with Crippen LogP contribution in [0.25, 0.3) is 10.9 Å². The van der Waals surface area contributed by atoms with Crippen LogP contribution in [0.15, 0.2) is 36.5 Å². The smallest absolute Gasteiger partial charge is 0.114 e. The Hall–Kier alpha value is -1.64. The zero-order chi connectivity index (χ0) is 7.68. The summed E-state index contributed by atoms with van der Waals surface area (Å²) in [4.78, 5) is 10.7. The molecular weight excluding hydrogens is 140 g/mol. The zero-order valence-electron chi connectivity index (χ0n) is 5.82. The first-order valence-electron chi connectivity index (χ1n) is 3.36. The standard InChI is InChI=1S/C8H7N2O/c11-10-6-5-7-3-1-2-4-8(7)9-10/h1-6H,(H,9,11)/q+1. The highest BCUT2D eigenvalue weighted by molar-refractivity contribution is 5.76. The number of nitrogens with zero attached hydrogens (tertiary/aromatic N) is 1. The summed E-state index contributed by atoms with van der Waals surface area (Å²) in [7, 11) is 0. The molecule has 0 aliphatic rings. The van der Waals surface area contributed by atoms with Gasteiger partial charge in [-0.05, 0) is 6.07 Å². The van der Waals surface area contributed by atoms with Crippen LogP contribution in [0.1, 0.15) is 0 Å². The van der Waals surface area contributed by atoms with Gasteiger partial charge in [0.1, 0.15) is 5.52 Å². The normalized spacial score (nSPS) is 10.2. The van der Waals surface area contributed by atoms with Crippen LogP contribution in [-0.4, -0.2) is 5.10 Å². The molecule has 54 valence electrons. The lowest BCUT2D eigenvalue weighted by Gasteiger charge is -1.87. The number of rotatable bonds is 0. The van der Waals surface area contributed by atoms with E-state index in [1.807, 2.05) is 24.3 Å². The van der Waals surface area contributed by atoms with E-state index in [-0.39, 0.29) is 0 Å². The van der Waals surface area contributed by atoms with Gasteiger partial charge < -0.3 is 0 Å². The summed E-state index contributed by atoms with van der Waals surface area (Å²) in [6.45, 7) is 0. The molecule has 0 fully saturated rings. The number of benzene rings is 1. The van der Waals surface area contributed by atoms with Gasteiger partial charge >= 0.3 is 0 Å². The molecule has 0 aliphatic carbocycles. The summed E-state index contributed by atoms with van der Waals surface area (Å²) in [6, 6.07) is 9.42. The molecule has 1 heterocycles. The molecule has 2 aromatic rings. The quantitative estimate of drug-likeness (QED) is 0.556. The fraction of sp³-hybridized carbons (Fsp3) is 0. The number of hydrogen-bond acceptors (Lipinski definition) is 1. The number of hydrogen-bond donors (Lipinski definition) is 1. The van der Waals surface area contributed by atoms with Crippen LogP contribution in [0.4, 0.5) is 0 Å². The van der Waals surface area contributed by atoms with Crippen molar-refractivity contribution in [3.8, 4) is 0 Å². The molecule has 0 saturated carbocycles. The van der Waals surface area contributed by atoms with Crippen molar-refractivity contribution in [1.82, 2.24) is 5.10 Å². The summed E-state index contributed by atoms with van der Waals surface area (Å²) in [5.74, 6) is 0. The Bertz CT molecular complexity index is 433. The fourth-order valence-electron chi connectivity index (χ4n) is 1.05. The molecule has 0 atom stereocenters. The Morgan fingerprint density at radius 2 is 2.00 bits per heavy atom. The topological polar surface area (TPSA) is 38.8 Å². The molecule has 1 aromatic heterocycles. The molecule has 3 nitrogen and oxygen atoms in total. The first-order chi connectivity index (χ1) is 5.36. The van der Waals surface area contributed by atoms with E-state index in [0.717, 1.165) is 10.9 Å². The van der Waals surface area contributed by atoms with Gasteiger partial charge in [-0.3, -0.25) is 0 Å². The molecule has 0 radical (unpaired) electrons. The van der Waals surface area contributed by atoms with E-state index in [2.05, 4.69) is 5.10 Å². The van der Waals surface area contributed by atoms with Crippen molar-refractivity contribution in [2.24, 2.45) is 0 Å². The second kappa shape index (κ2) is 2.20. The van der Waals surface area contributed by atoms with Crippen molar-refractivity contribution in [2.75, 3.05) is 0 Å². The van der Waals surface area contributed by atoms with Crippen LogP contribution in [-0.2, 0) is 0 Å². The maximum Gasteiger partial charge on any atom is 0.258 e. The first kappa shape index (κ1) is 6.09. The van der Waals surface area contributed by atoms with Gasteiger partial charge in [0.15, 0.2) is 4.54 Å². The molecule has 0 saturated heterocycles. The molecule has 3 heteroatoms. The van der Waals surface area contributed by atoms with Crippen molar-refractivity contribution in [1.29, 1.82) is 0 Å². The summed E-state index contributed by atoms with van der Waals surface area (Å²) in [5, 5.41) is 3.69. The lowest BCUT2D eigenvalue weighted by Crippen LogP contribution is -2.17. The van der Waals surface area contributed by atoms with Crippen molar-refractivity contribution in [3.63, 3.8) is 0 Å². The molecule has 0 bridgehead atoms. The molecule has 0 spiro atoms. The summed E-state index contributed by atoms with van der Waals surface area (Å²) < 4.78 is 0.683. The highest BCUT2D eigenvalue weighted by Gasteiger charge is 1.94. The predicted molar refractivity (Wildman–Crippen MR) is 41.7 cm³/mol. The van der Waals surface area contributed by atoms with Crippen molar-refractivity contribution in [2.45, 2.75) is 0 Å². The lowest BCUT2D eigenvalue weighted by atomic mass is 10.2. The summed E-state index contributed by atoms with van der Waals surface area (Å²) in [6.07, 6.45) is 1.45. The van der Waals surface area contributed by atoms with Crippen LogP contribution in [0.2, 0.25) is 0 Å². The minimum absolute atomic E-state index is 0.683. The third-order valence-electron chi connectivity index (χ3n) is 1.58. The van der Waals surface area contributed by atoms with Gasteiger partial charge in [-0.2, -0.15) is 0 Å². The summed E-state index contributed by atoms with van der Waals surface area (Å²) >= 11 is 0. The number of aromatic nitrogens is 2. The lowest BCUT2D eigenvalue weighted by molar-refractivity contribution is -0.561. The molecule has 1 aromatic carbocycles. The Morgan fingerprint density at radius 3 is 2.91 bits per heavy atom. The van der Waals surface area contributed by atoms with E-state index in [4.69, 9.17) is 0 Å². The largest absolute Gasteiger partial charge is 0.258 e. The van der Waals surface area contributed by atoms with E-state index in [1.54, 1.807) is 6.07 Å². The van der Waals surface area contributed by atoms with Gasteiger partial charge in [-0.25, -0.2) is 0 Å². The maximum atomic E-state index is 10.7. The third-order valence-corrected chi connectivity index (χ3v) is 1.58. The monoisotopic (exact) mass is 147 g/mol. The summed E-state index contributed by atoms with van der Waals surface area (Å²) in [5.41, 5.74) is 0.852. The zero-order valence-corrected chi connectivity index (χ0v) is 5.82. The van der Waals surface area contributed by atoms with Crippen molar-refractivity contribution >= 4 is 10.9 Å². The second-order valence-electron chi connectivity index (χ2n) is 2.34. The Kier molecular flexibility index (Phi) is 1.22. The molecule has 1 N–H and O–H groups in total. The van der Waals surface area contributed by atoms with E-state index in [0.29, 0.717) is 4.54 Å². The molecule has 11 heavy (non-hydrogen) atoms. The number of aromatic amines is 1. The Labute approximate surface area is 62.9 Å². The van der Waals surface area contributed by atoms with Gasteiger partial charge in [0, 0.05) is 11.5 Å². The SMILES string of the molecule is O=[n+]1ccc2ccccc2[nH]1. The van der Waals surface area contributed by atoms with Crippen LogP contribution >= 0.6 is 0 Å². The van der Waals surface area contributed by atoms with E-state index in [1.165, 1.54) is 6.20 Å². The maximum absolute atomic E-state index is 10.7. The highest BCUT2D eigenvalue weighted by atomic mass is 16.3. The number of para-hydroxylation sites is 1. The number of nitrogens with one attached hydrogen (secondary N) is 1. The molecule has 2 rings (SSSR count). The minimum atomic E-state index is 0.683. The van der Waals surface area contributed by atoms with Gasteiger partial charge in [-0.15, -0.1) is 5.10 Å². The van der Waals surface area contributed by atoms with Crippen LogP contribution < -0.4 is 4.54 Å². The fourth-order valence-corrected chi connectivity index (χ4v) is 1.05. The van der Waals surface area contributed by atoms with Crippen molar-refractivity contribution < 1.29 is 4.54 Å². The van der Waals surface area contributed by atoms with E-state index < -0.39 is 0 Å². The van der Waals surface area contributed by atoms with E-state index >= 15 is 0 Å². The molecule has 0 amide bonds. The second-order valence-corrected chi connectivity index (χ2v) is 2.34. The predicted octanol–water partition coefficient (Wildman–Crippen LogP) is 1.08. The van der Waals surface area contributed by atoms with E-state index in [9.17, 15) is 4.91 Å².